The molecule has 0 unspecified atom stereocenters. The molecule has 0 radical (unpaired) electrons. The van der Waals surface area contributed by atoms with Gasteiger partial charge in [-0.1, -0.05) is 12.1 Å². The summed E-state index contributed by atoms with van der Waals surface area (Å²) in [6, 6.07) is 12.0. The highest BCUT2D eigenvalue weighted by molar-refractivity contribution is 6.07. The second kappa shape index (κ2) is 7.04. The minimum Gasteiger partial charge on any atom is -0.493 e. The molecule has 2 N–H and O–H groups in total. The van der Waals surface area contributed by atoms with Gasteiger partial charge in [0.05, 0.1) is 24.3 Å². The molecule has 124 valence electrons. The standard InChI is InChI=1S/C18H18N2O4/c1-2-23-15-6-4-3-5-13(15)18(22)20-12-7-8-16-14(11-12)17(21)19-9-10-24-16/h3-8,11H,2,9-10H2,1H3,(H,19,21)(H,20,22). The summed E-state index contributed by atoms with van der Waals surface area (Å²) in [6.07, 6.45) is 0. The van der Waals surface area contributed by atoms with Crippen LogP contribution in [0.15, 0.2) is 42.5 Å². The first-order valence-corrected chi connectivity index (χ1v) is 7.77. The highest BCUT2D eigenvalue weighted by Gasteiger charge is 2.18. The first kappa shape index (κ1) is 15.9. The van der Waals surface area contributed by atoms with Gasteiger partial charge in [0.15, 0.2) is 0 Å². The van der Waals surface area contributed by atoms with Gasteiger partial charge >= 0.3 is 0 Å². The van der Waals surface area contributed by atoms with Crippen molar-refractivity contribution >= 4 is 17.5 Å². The van der Waals surface area contributed by atoms with Crippen LogP contribution in [0.3, 0.4) is 0 Å². The largest absolute Gasteiger partial charge is 0.493 e. The van der Waals surface area contributed by atoms with Crippen molar-refractivity contribution < 1.29 is 19.1 Å². The molecular weight excluding hydrogens is 308 g/mol. The third kappa shape index (κ3) is 3.32. The van der Waals surface area contributed by atoms with Crippen molar-refractivity contribution in [1.82, 2.24) is 5.32 Å². The van der Waals surface area contributed by atoms with Crippen molar-refractivity contribution in [3.63, 3.8) is 0 Å². The quantitative estimate of drug-likeness (QED) is 0.905. The van der Waals surface area contributed by atoms with E-state index in [-0.39, 0.29) is 11.8 Å². The van der Waals surface area contributed by atoms with E-state index in [1.54, 1.807) is 36.4 Å². The maximum Gasteiger partial charge on any atom is 0.259 e. The maximum atomic E-state index is 12.5. The molecule has 0 fully saturated rings. The number of hydrogen-bond donors (Lipinski definition) is 2. The third-order valence-electron chi connectivity index (χ3n) is 3.56. The van der Waals surface area contributed by atoms with Gasteiger partial charge < -0.3 is 20.1 Å². The van der Waals surface area contributed by atoms with Crippen molar-refractivity contribution in [3.05, 3.63) is 53.6 Å². The monoisotopic (exact) mass is 326 g/mol. The first-order valence-electron chi connectivity index (χ1n) is 7.77. The van der Waals surface area contributed by atoms with E-state index in [1.807, 2.05) is 13.0 Å². The molecule has 1 aliphatic rings. The summed E-state index contributed by atoms with van der Waals surface area (Å²) in [7, 11) is 0. The molecule has 24 heavy (non-hydrogen) atoms. The molecule has 0 spiro atoms. The van der Waals surface area contributed by atoms with Gasteiger partial charge in [0, 0.05) is 5.69 Å². The van der Waals surface area contributed by atoms with Crippen molar-refractivity contribution in [3.8, 4) is 11.5 Å². The third-order valence-corrected chi connectivity index (χ3v) is 3.56. The molecule has 3 rings (SSSR count). The number of ether oxygens (including phenoxy) is 2. The first-order chi connectivity index (χ1) is 11.7. The summed E-state index contributed by atoms with van der Waals surface area (Å²) >= 11 is 0. The summed E-state index contributed by atoms with van der Waals surface area (Å²) in [5, 5.41) is 5.54. The zero-order valence-corrected chi connectivity index (χ0v) is 13.3. The van der Waals surface area contributed by atoms with Gasteiger partial charge in [-0.15, -0.1) is 0 Å². The fraction of sp³-hybridized carbons (Fsp3) is 0.222. The molecular formula is C18H18N2O4. The Balaban J connectivity index is 1.84. The summed E-state index contributed by atoms with van der Waals surface area (Å²) < 4.78 is 11.0. The van der Waals surface area contributed by atoms with Crippen molar-refractivity contribution in [1.29, 1.82) is 0 Å². The summed E-state index contributed by atoms with van der Waals surface area (Å²) in [5.74, 6) is 0.522. The number of fused-ring (bicyclic) bond motifs is 1. The van der Waals surface area contributed by atoms with Crippen LogP contribution in [0.25, 0.3) is 0 Å². The molecule has 2 aromatic rings. The fourth-order valence-electron chi connectivity index (χ4n) is 2.47. The number of anilines is 1. The molecule has 0 aromatic heterocycles. The summed E-state index contributed by atoms with van der Waals surface area (Å²) in [5.41, 5.74) is 1.36. The summed E-state index contributed by atoms with van der Waals surface area (Å²) in [4.78, 5) is 24.5. The van der Waals surface area contributed by atoms with Crippen molar-refractivity contribution in [2.75, 3.05) is 25.1 Å². The fourth-order valence-corrected chi connectivity index (χ4v) is 2.47. The molecule has 0 saturated carbocycles. The topological polar surface area (TPSA) is 76.7 Å². The van der Waals surface area contributed by atoms with E-state index in [0.29, 0.717) is 48.1 Å². The van der Waals surface area contributed by atoms with Crippen LogP contribution in [-0.2, 0) is 0 Å². The Morgan fingerprint density at radius 2 is 2.12 bits per heavy atom. The van der Waals surface area contributed by atoms with Gasteiger partial charge in [-0.25, -0.2) is 0 Å². The zero-order chi connectivity index (χ0) is 16.9. The van der Waals surface area contributed by atoms with E-state index >= 15 is 0 Å². The maximum absolute atomic E-state index is 12.5. The van der Waals surface area contributed by atoms with E-state index in [2.05, 4.69) is 10.6 Å². The Kier molecular flexibility index (Phi) is 4.65. The lowest BCUT2D eigenvalue weighted by molar-refractivity contribution is 0.0955. The lowest BCUT2D eigenvalue weighted by atomic mass is 10.1. The smallest absolute Gasteiger partial charge is 0.259 e. The van der Waals surface area contributed by atoms with E-state index in [9.17, 15) is 9.59 Å². The van der Waals surface area contributed by atoms with Crippen LogP contribution in [0.4, 0.5) is 5.69 Å². The highest BCUT2D eigenvalue weighted by atomic mass is 16.5. The van der Waals surface area contributed by atoms with Gasteiger partial charge in [0.1, 0.15) is 18.1 Å². The number of benzene rings is 2. The predicted molar refractivity (Wildman–Crippen MR) is 89.8 cm³/mol. The molecule has 6 heteroatoms. The van der Waals surface area contributed by atoms with Crippen LogP contribution < -0.4 is 20.1 Å². The van der Waals surface area contributed by atoms with Crippen LogP contribution in [0, 0.1) is 0 Å². The Labute approximate surface area is 139 Å². The average molecular weight is 326 g/mol. The molecule has 1 aliphatic heterocycles. The second-order valence-electron chi connectivity index (χ2n) is 5.20. The van der Waals surface area contributed by atoms with Crippen LogP contribution in [0.5, 0.6) is 11.5 Å². The van der Waals surface area contributed by atoms with Crippen LogP contribution >= 0.6 is 0 Å². The van der Waals surface area contributed by atoms with Gasteiger partial charge in [-0.3, -0.25) is 9.59 Å². The van der Waals surface area contributed by atoms with E-state index in [1.165, 1.54) is 0 Å². The van der Waals surface area contributed by atoms with Gasteiger partial charge in [-0.2, -0.15) is 0 Å². The second-order valence-corrected chi connectivity index (χ2v) is 5.20. The normalized spacial score (nSPS) is 13.1. The highest BCUT2D eigenvalue weighted by Crippen LogP contribution is 2.25. The Morgan fingerprint density at radius 3 is 2.96 bits per heavy atom. The Hall–Kier alpha value is -3.02. The number of rotatable bonds is 4. The molecule has 2 aromatic carbocycles. The number of nitrogens with one attached hydrogen (secondary N) is 2. The summed E-state index contributed by atoms with van der Waals surface area (Å²) in [6.45, 7) is 3.21. The lowest BCUT2D eigenvalue weighted by Crippen LogP contribution is -2.24. The number of hydrogen-bond acceptors (Lipinski definition) is 4. The van der Waals surface area contributed by atoms with Crippen LogP contribution in [0.2, 0.25) is 0 Å². The molecule has 0 atom stereocenters. The molecule has 0 saturated heterocycles. The molecule has 1 heterocycles. The van der Waals surface area contributed by atoms with Crippen LogP contribution in [-0.4, -0.2) is 31.6 Å². The number of carbonyl (C=O) groups is 2. The van der Waals surface area contributed by atoms with E-state index in [0.717, 1.165) is 0 Å². The van der Waals surface area contributed by atoms with Crippen molar-refractivity contribution in [2.24, 2.45) is 0 Å². The Bertz CT molecular complexity index is 773. The number of para-hydroxylation sites is 1. The molecule has 6 nitrogen and oxygen atoms in total. The van der Waals surface area contributed by atoms with Gasteiger partial charge in [0.25, 0.3) is 11.8 Å². The SMILES string of the molecule is CCOc1ccccc1C(=O)Nc1ccc2c(c1)C(=O)NCCO2. The molecule has 0 aliphatic carbocycles. The van der Waals surface area contributed by atoms with E-state index in [4.69, 9.17) is 9.47 Å². The average Bonchev–Trinajstić information content (AvgIpc) is 2.77. The minimum atomic E-state index is -0.297. The van der Waals surface area contributed by atoms with Gasteiger partial charge in [0.2, 0.25) is 0 Å². The zero-order valence-electron chi connectivity index (χ0n) is 13.3. The predicted octanol–water partition coefficient (Wildman–Crippen LogP) is 2.46. The number of carbonyl (C=O) groups excluding carboxylic acids is 2. The van der Waals surface area contributed by atoms with Gasteiger partial charge in [-0.05, 0) is 37.3 Å². The number of amides is 2. The van der Waals surface area contributed by atoms with E-state index < -0.39 is 0 Å². The molecule has 0 bridgehead atoms. The lowest BCUT2D eigenvalue weighted by Gasteiger charge is -2.12. The molecule has 2 amide bonds. The Morgan fingerprint density at radius 1 is 1.29 bits per heavy atom. The van der Waals surface area contributed by atoms with Crippen molar-refractivity contribution in [2.45, 2.75) is 6.92 Å². The minimum absolute atomic E-state index is 0.215. The van der Waals surface area contributed by atoms with Crippen LogP contribution in [0.1, 0.15) is 27.6 Å².